The van der Waals surface area contributed by atoms with Crippen molar-refractivity contribution in [2.24, 2.45) is 5.41 Å². The van der Waals surface area contributed by atoms with Gasteiger partial charge < -0.3 is 5.32 Å². The van der Waals surface area contributed by atoms with E-state index in [-0.39, 0.29) is 0 Å². The largest absolute Gasteiger partial charge is 0.306 e. The van der Waals surface area contributed by atoms with Gasteiger partial charge >= 0.3 is 0 Å². The molecular weight excluding hydrogens is 196 g/mol. The maximum Gasteiger partial charge on any atom is 0.0570 e. The lowest BCUT2D eigenvalue weighted by molar-refractivity contribution is 0.265. The van der Waals surface area contributed by atoms with E-state index in [1.807, 2.05) is 12.3 Å². The predicted octanol–water partition coefficient (Wildman–Crippen LogP) is 3.31. The van der Waals surface area contributed by atoms with Crippen LogP contribution in [0, 0.1) is 5.41 Å². The first-order valence-corrected chi connectivity index (χ1v) is 6.26. The molecule has 0 aromatic carbocycles. The normalized spacial score (nSPS) is 25.6. The molecule has 2 heteroatoms. The van der Waals surface area contributed by atoms with Crippen molar-refractivity contribution < 1.29 is 0 Å². The fourth-order valence-corrected chi connectivity index (χ4v) is 2.65. The van der Waals surface area contributed by atoms with E-state index < -0.39 is 0 Å². The van der Waals surface area contributed by atoms with Gasteiger partial charge in [0.15, 0.2) is 0 Å². The van der Waals surface area contributed by atoms with Gasteiger partial charge in [0, 0.05) is 18.3 Å². The van der Waals surface area contributed by atoms with Gasteiger partial charge in [0.2, 0.25) is 0 Å². The Morgan fingerprint density at radius 2 is 2.25 bits per heavy atom. The second-order valence-corrected chi connectivity index (χ2v) is 5.58. The van der Waals surface area contributed by atoms with Crippen molar-refractivity contribution in [1.29, 1.82) is 0 Å². The molecule has 1 aromatic rings. The maximum atomic E-state index is 4.41. The van der Waals surface area contributed by atoms with Crippen molar-refractivity contribution in [1.82, 2.24) is 10.3 Å². The molecule has 1 aromatic heterocycles. The fraction of sp³-hybridized carbons (Fsp3) is 0.643. The molecule has 88 valence electrons. The van der Waals surface area contributed by atoms with Gasteiger partial charge in [0.1, 0.15) is 0 Å². The molecule has 1 aliphatic rings. The Bertz CT molecular complexity index is 332. The number of hydrogen-bond donors (Lipinski definition) is 1. The number of rotatable bonds is 3. The highest BCUT2D eigenvalue weighted by Crippen LogP contribution is 2.38. The average Bonchev–Trinajstić information content (AvgIpc) is 2.59. The minimum atomic E-state index is 0.351. The molecule has 0 amide bonds. The Labute approximate surface area is 98.5 Å². The first-order chi connectivity index (χ1) is 7.59. The van der Waals surface area contributed by atoms with Crippen LogP contribution in [0.25, 0.3) is 0 Å². The van der Waals surface area contributed by atoms with Crippen LogP contribution >= 0.6 is 0 Å². The Kier molecular flexibility index (Phi) is 3.29. The molecule has 2 rings (SSSR count). The minimum absolute atomic E-state index is 0.351. The molecule has 1 unspecified atom stereocenters. The van der Waals surface area contributed by atoms with Crippen LogP contribution in [-0.4, -0.2) is 11.0 Å². The Morgan fingerprint density at radius 3 is 2.81 bits per heavy atom. The van der Waals surface area contributed by atoms with Crippen LogP contribution < -0.4 is 5.32 Å². The van der Waals surface area contributed by atoms with Gasteiger partial charge in [-0.3, -0.25) is 4.98 Å². The first kappa shape index (κ1) is 11.6. The summed E-state index contributed by atoms with van der Waals surface area (Å²) in [5, 5.41) is 3.72. The average molecular weight is 218 g/mol. The molecule has 2 nitrogen and oxygen atoms in total. The van der Waals surface area contributed by atoms with E-state index in [0.717, 1.165) is 5.69 Å². The van der Waals surface area contributed by atoms with Crippen LogP contribution in [0.15, 0.2) is 24.4 Å². The van der Waals surface area contributed by atoms with Crippen LogP contribution in [0.4, 0.5) is 0 Å². The zero-order valence-corrected chi connectivity index (χ0v) is 10.5. The lowest BCUT2D eigenvalue weighted by atomic mass is 9.87. The Hall–Kier alpha value is -0.890. The predicted molar refractivity (Wildman–Crippen MR) is 67.2 cm³/mol. The summed E-state index contributed by atoms with van der Waals surface area (Å²) in [5.74, 6) is 0. The molecular formula is C14H22N2. The van der Waals surface area contributed by atoms with E-state index in [1.165, 1.54) is 19.3 Å². The third-order valence-electron chi connectivity index (χ3n) is 3.84. The van der Waals surface area contributed by atoms with Crippen molar-refractivity contribution in [3.8, 4) is 0 Å². The maximum absolute atomic E-state index is 4.41. The second-order valence-electron chi connectivity index (χ2n) is 5.58. The summed E-state index contributed by atoms with van der Waals surface area (Å²) in [4.78, 5) is 4.41. The highest BCUT2D eigenvalue weighted by Gasteiger charge is 2.35. The number of aromatic nitrogens is 1. The van der Waals surface area contributed by atoms with E-state index in [4.69, 9.17) is 0 Å². The highest BCUT2D eigenvalue weighted by atomic mass is 15.0. The second kappa shape index (κ2) is 4.54. The fourth-order valence-electron chi connectivity index (χ4n) is 2.65. The van der Waals surface area contributed by atoms with Gasteiger partial charge in [-0.1, -0.05) is 26.3 Å². The summed E-state index contributed by atoms with van der Waals surface area (Å²) in [6, 6.07) is 7.10. The first-order valence-electron chi connectivity index (χ1n) is 6.26. The molecule has 0 spiro atoms. The standard InChI is InChI=1S/C14H22N2/c1-11(12-7-4-5-10-15-12)16-13-8-6-9-14(13,2)3/h4-5,7,10-11,13,16H,6,8-9H2,1-3H3/t11-,13?/m0/s1. The molecule has 1 fully saturated rings. The van der Waals surface area contributed by atoms with E-state index in [9.17, 15) is 0 Å². The van der Waals surface area contributed by atoms with Crippen molar-refractivity contribution in [2.45, 2.75) is 52.1 Å². The zero-order valence-electron chi connectivity index (χ0n) is 10.5. The molecule has 1 N–H and O–H groups in total. The quantitative estimate of drug-likeness (QED) is 0.842. The van der Waals surface area contributed by atoms with Crippen molar-refractivity contribution in [3.63, 3.8) is 0 Å². The smallest absolute Gasteiger partial charge is 0.0570 e. The number of nitrogens with one attached hydrogen (secondary N) is 1. The monoisotopic (exact) mass is 218 g/mol. The summed E-state index contributed by atoms with van der Waals surface area (Å²) in [6.07, 6.45) is 5.84. The zero-order chi connectivity index (χ0) is 11.6. The van der Waals surface area contributed by atoms with Gasteiger partial charge in [0.25, 0.3) is 0 Å². The van der Waals surface area contributed by atoms with Crippen LogP contribution in [0.2, 0.25) is 0 Å². The molecule has 1 heterocycles. The van der Waals surface area contributed by atoms with E-state index in [0.29, 0.717) is 17.5 Å². The number of nitrogens with zero attached hydrogens (tertiary/aromatic N) is 1. The Balaban J connectivity index is 2.00. The molecule has 0 aliphatic heterocycles. The number of hydrogen-bond acceptors (Lipinski definition) is 2. The van der Waals surface area contributed by atoms with Gasteiger partial charge in [-0.25, -0.2) is 0 Å². The van der Waals surface area contributed by atoms with E-state index >= 15 is 0 Å². The Morgan fingerprint density at radius 1 is 1.44 bits per heavy atom. The molecule has 0 saturated heterocycles. The number of pyridine rings is 1. The SMILES string of the molecule is C[C@H](NC1CCCC1(C)C)c1ccccn1. The van der Waals surface area contributed by atoms with Crippen LogP contribution in [0.5, 0.6) is 0 Å². The summed E-state index contributed by atoms with van der Waals surface area (Å²) < 4.78 is 0. The lowest BCUT2D eigenvalue weighted by Crippen LogP contribution is -2.39. The van der Waals surface area contributed by atoms with Crippen LogP contribution in [0.1, 0.15) is 51.8 Å². The molecule has 0 radical (unpaired) electrons. The van der Waals surface area contributed by atoms with Crippen LogP contribution in [-0.2, 0) is 0 Å². The summed E-state index contributed by atoms with van der Waals surface area (Å²) in [5.41, 5.74) is 1.58. The highest BCUT2D eigenvalue weighted by molar-refractivity contribution is 5.08. The van der Waals surface area contributed by atoms with Gasteiger partial charge in [0.05, 0.1) is 5.69 Å². The van der Waals surface area contributed by atoms with Gasteiger partial charge in [-0.15, -0.1) is 0 Å². The van der Waals surface area contributed by atoms with Crippen molar-refractivity contribution in [2.75, 3.05) is 0 Å². The summed E-state index contributed by atoms with van der Waals surface area (Å²) in [7, 11) is 0. The van der Waals surface area contributed by atoms with E-state index in [2.05, 4.69) is 43.2 Å². The topological polar surface area (TPSA) is 24.9 Å². The molecule has 2 atom stereocenters. The molecule has 16 heavy (non-hydrogen) atoms. The summed E-state index contributed by atoms with van der Waals surface area (Å²) >= 11 is 0. The van der Waals surface area contributed by atoms with Gasteiger partial charge in [-0.05, 0) is 37.3 Å². The van der Waals surface area contributed by atoms with E-state index in [1.54, 1.807) is 0 Å². The molecule has 1 saturated carbocycles. The summed E-state index contributed by atoms with van der Waals surface area (Å²) in [6.45, 7) is 6.93. The van der Waals surface area contributed by atoms with Gasteiger partial charge in [-0.2, -0.15) is 0 Å². The third-order valence-corrected chi connectivity index (χ3v) is 3.84. The molecule has 1 aliphatic carbocycles. The van der Waals surface area contributed by atoms with Crippen molar-refractivity contribution in [3.05, 3.63) is 30.1 Å². The van der Waals surface area contributed by atoms with Crippen molar-refractivity contribution >= 4 is 0 Å². The third kappa shape index (κ3) is 2.43. The lowest BCUT2D eigenvalue weighted by Gasteiger charge is -2.30. The minimum Gasteiger partial charge on any atom is -0.306 e. The molecule has 0 bridgehead atoms. The van der Waals surface area contributed by atoms with Crippen LogP contribution in [0.3, 0.4) is 0 Å².